The van der Waals surface area contributed by atoms with Crippen LogP contribution in [-0.2, 0) is 16.1 Å². The minimum absolute atomic E-state index is 0.163. The summed E-state index contributed by atoms with van der Waals surface area (Å²) in [6.45, 7) is 9.78. The largest absolute Gasteiger partial charge is 0.492 e. The normalized spacial score (nSPS) is 22.1. The van der Waals surface area contributed by atoms with E-state index < -0.39 is 0 Å². The van der Waals surface area contributed by atoms with Crippen LogP contribution in [0.25, 0.3) is 0 Å². The molecule has 2 N–H and O–H groups in total. The minimum atomic E-state index is -0.163. The molecule has 1 amide bonds. The summed E-state index contributed by atoms with van der Waals surface area (Å²) in [5.74, 6) is 1.36. The van der Waals surface area contributed by atoms with E-state index in [9.17, 15) is 4.79 Å². The lowest BCUT2D eigenvalue weighted by Crippen LogP contribution is -2.44. The summed E-state index contributed by atoms with van der Waals surface area (Å²) >= 11 is 0. The molecule has 0 unspecified atom stereocenters. The molecule has 1 heterocycles. The summed E-state index contributed by atoms with van der Waals surface area (Å²) in [7, 11) is 1.43. The number of hydroxylamine groups is 1. The van der Waals surface area contributed by atoms with Crippen molar-refractivity contribution in [3.8, 4) is 5.75 Å². The second-order valence-corrected chi connectivity index (χ2v) is 8.66. The molecule has 2 atom stereocenters. The maximum atomic E-state index is 11.5. The summed E-state index contributed by atoms with van der Waals surface area (Å²) in [6.07, 6.45) is 12.0. The molecular formula is C26H37N3O3. The van der Waals surface area contributed by atoms with Gasteiger partial charge in [0.2, 0.25) is 5.91 Å². The molecule has 2 aliphatic rings. The van der Waals surface area contributed by atoms with E-state index in [-0.39, 0.29) is 5.91 Å². The van der Waals surface area contributed by atoms with Crippen molar-refractivity contribution in [1.29, 1.82) is 0 Å². The van der Waals surface area contributed by atoms with E-state index in [4.69, 9.17) is 4.74 Å². The summed E-state index contributed by atoms with van der Waals surface area (Å²) in [5.41, 5.74) is 4.71. The summed E-state index contributed by atoms with van der Waals surface area (Å²) in [5, 5.41) is 3.86. The van der Waals surface area contributed by atoms with Gasteiger partial charge in [-0.15, -0.1) is 0 Å². The first-order chi connectivity index (χ1) is 15.6. The van der Waals surface area contributed by atoms with Gasteiger partial charge in [0.25, 0.3) is 0 Å². The number of nitrogens with zero attached hydrogens (tertiary/aromatic N) is 1. The number of allylic oxidation sites excluding steroid dienone is 4. The van der Waals surface area contributed by atoms with Crippen molar-refractivity contribution in [2.75, 3.05) is 33.4 Å². The molecule has 1 aromatic rings. The molecule has 1 aliphatic heterocycles. The number of hydrogen-bond acceptors (Lipinski definition) is 5. The van der Waals surface area contributed by atoms with Gasteiger partial charge in [0.15, 0.2) is 0 Å². The van der Waals surface area contributed by atoms with Gasteiger partial charge in [-0.25, -0.2) is 5.48 Å². The van der Waals surface area contributed by atoms with Crippen LogP contribution in [0.4, 0.5) is 0 Å². The Morgan fingerprint density at radius 3 is 2.66 bits per heavy atom. The number of hydrogen-bond donors (Lipinski definition) is 2. The Kier molecular flexibility index (Phi) is 9.53. The lowest BCUT2D eigenvalue weighted by molar-refractivity contribution is -0.130. The zero-order valence-electron chi connectivity index (χ0n) is 19.4. The molecule has 1 aromatic carbocycles. The highest BCUT2D eigenvalue weighted by atomic mass is 16.6. The van der Waals surface area contributed by atoms with E-state index in [1.165, 1.54) is 31.9 Å². The second-order valence-electron chi connectivity index (χ2n) is 8.66. The molecule has 0 spiro atoms. The fourth-order valence-electron chi connectivity index (χ4n) is 4.25. The highest BCUT2D eigenvalue weighted by molar-refractivity contribution is 5.77. The zero-order chi connectivity index (χ0) is 22.8. The van der Waals surface area contributed by atoms with Crippen molar-refractivity contribution >= 4 is 5.91 Å². The van der Waals surface area contributed by atoms with Crippen molar-refractivity contribution in [2.45, 2.75) is 44.7 Å². The SMILES string of the molecule is C=C/C=C\C=C(/C)[C@@H]1C[C@H]1NC1CCN(CCOc2ccc(CC(=O)NOC)cc2)CC1. The van der Waals surface area contributed by atoms with Gasteiger partial charge in [-0.1, -0.05) is 48.6 Å². The van der Waals surface area contributed by atoms with Gasteiger partial charge in [-0.2, -0.15) is 0 Å². The third-order valence-electron chi connectivity index (χ3n) is 6.20. The average Bonchev–Trinajstić information content (AvgIpc) is 3.56. The number of benzene rings is 1. The third-order valence-corrected chi connectivity index (χ3v) is 6.20. The molecule has 2 fully saturated rings. The van der Waals surface area contributed by atoms with E-state index in [1.807, 2.05) is 36.4 Å². The first kappa shape index (κ1) is 24.2. The standard InChI is InChI=1S/C26H37N3O3/c1-4-5-6-7-20(2)24-19-25(24)27-22-12-14-29(15-13-22)16-17-32-23-10-8-21(9-11-23)18-26(30)28-31-3/h4-11,22,24-25,27H,1,12-19H2,2-3H3,(H,28,30)/b6-5-,20-7+/t24-,25+/m0/s1. The van der Waals surface area contributed by atoms with Gasteiger partial charge in [0.1, 0.15) is 12.4 Å². The van der Waals surface area contributed by atoms with Crippen LogP contribution in [0.5, 0.6) is 5.75 Å². The number of piperidine rings is 1. The number of carbonyl (C=O) groups excluding carboxylic acids is 1. The minimum Gasteiger partial charge on any atom is -0.492 e. The van der Waals surface area contributed by atoms with Crippen LogP contribution in [0.1, 0.15) is 31.7 Å². The number of likely N-dealkylation sites (tertiary alicyclic amines) is 1. The van der Waals surface area contributed by atoms with Gasteiger partial charge in [-0.05, 0) is 62.9 Å². The topological polar surface area (TPSA) is 62.8 Å². The highest BCUT2D eigenvalue weighted by Crippen LogP contribution is 2.38. The van der Waals surface area contributed by atoms with Gasteiger partial charge in [-0.3, -0.25) is 14.5 Å². The molecule has 6 heteroatoms. The van der Waals surface area contributed by atoms with Crippen LogP contribution in [0, 0.1) is 5.92 Å². The predicted molar refractivity (Wildman–Crippen MR) is 128 cm³/mol. The third kappa shape index (κ3) is 7.93. The first-order valence-corrected chi connectivity index (χ1v) is 11.6. The average molecular weight is 440 g/mol. The van der Waals surface area contributed by atoms with Crippen LogP contribution in [-0.4, -0.2) is 56.2 Å². The van der Waals surface area contributed by atoms with Gasteiger partial charge in [0.05, 0.1) is 13.5 Å². The van der Waals surface area contributed by atoms with E-state index in [0.29, 0.717) is 31.0 Å². The highest BCUT2D eigenvalue weighted by Gasteiger charge is 2.39. The quantitative estimate of drug-likeness (QED) is 0.386. The number of amides is 1. The van der Waals surface area contributed by atoms with Crippen molar-refractivity contribution < 1.29 is 14.4 Å². The van der Waals surface area contributed by atoms with Crippen LogP contribution < -0.4 is 15.5 Å². The number of nitrogens with one attached hydrogen (secondary N) is 2. The Hall–Kier alpha value is -2.41. The van der Waals surface area contributed by atoms with Crippen LogP contribution in [0.3, 0.4) is 0 Å². The van der Waals surface area contributed by atoms with E-state index >= 15 is 0 Å². The van der Waals surface area contributed by atoms with Gasteiger partial charge in [0, 0.05) is 18.6 Å². The zero-order valence-corrected chi connectivity index (χ0v) is 19.4. The van der Waals surface area contributed by atoms with Crippen molar-refractivity contribution in [2.24, 2.45) is 5.92 Å². The summed E-state index contributed by atoms with van der Waals surface area (Å²) in [6, 6.07) is 8.94. The van der Waals surface area contributed by atoms with Crippen LogP contribution >= 0.6 is 0 Å². The monoisotopic (exact) mass is 439 g/mol. The molecule has 1 saturated carbocycles. The number of ether oxygens (including phenoxy) is 1. The maximum Gasteiger partial charge on any atom is 0.247 e. The fraction of sp³-hybridized carbons (Fsp3) is 0.500. The molecule has 1 saturated heterocycles. The molecule has 6 nitrogen and oxygen atoms in total. The van der Waals surface area contributed by atoms with E-state index in [2.05, 4.69) is 46.2 Å². The van der Waals surface area contributed by atoms with Crippen LogP contribution in [0.2, 0.25) is 0 Å². The van der Waals surface area contributed by atoms with Gasteiger partial charge >= 0.3 is 0 Å². The summed E-state index contributed by atoms with van der Waals surface area (Å²) in [4.78, 5) is 18.7. The smallest absolute Gasteiger partial charge is 0.247 e. The first-order valence-electron chi connectivity index (χ1n) is 11.6. The molecular weight excluding hydrogens is 402 g/mol. The van der Waals surface area contributed by atoms with Crippen LogP contribution in [0.15, 0.2) is 60.7 Å². The molecule has 0 aromatic heterocycles. The predicted octanol–water partition coefficient (Wildman–Crippen LogP) is 3.42. The van der Waals surface area contributed by atoms with Crippen molar-refractivity contribution in [3.05, 3.63) is 66.3 Å². The second kappa shape index (κ2) is 12.6. The molecule has 3 rings (SSSR count). The Balaban J connectivity index is 1.29. The molecule has 1 aliphatic carbocycles. The number of carbonyl (C=O) groups is 1. The Morgan fingerprint density at radius 1 is 1.22 bits per heavy atom. The fourth-order valence-corrected chi connectivity index (χ4v) is 4.25. The maximum absolute atomic E-state index is 11.5. The Bertz CT molecular complexity index is 795. The van der Waals surface area contributed by atoms with Gasteiger partial charge < -0.3 is 10.1 Å². The molecule has 32 heavy (non-hydrogen) atoms. The Labute approximate surface area is 192 Å². The van der Waals surface area contributed by atoms with Crippen molar-refractivity contribution in [3.63, 3.8) is 0 Å². The van der Waals surface area contributed by atoms with E-state index in [0.717, 1.165) is 30.9 Å². The molecule has 0 bridgehead atoms. The summed E-state index contributed by atoms with van der Waals surface area (Å²) < 4.78 is 5.90. The van der Waals surface area contributed by atoms with Crippen molar-refractivity contribution in [1.82, 2.24) is 15.7 Å². The molecule has 0 radical (unpaired) electrons. The lowest BCUT2D eigenvalue weighted by atomic mass is 10.0. The van der Waals surface area contributed by atoms with E-state index in [1.54, 1.807) is 0 Å². The Morgan fingerprint density at radius 2 is 1.97 bits per heavy atom. The lowest BCUT2D eigenvalue weighted by Gasteiger charge is -2.32. The number of rotatable bonds is 12. The molecule has 174 valence electrons.